The molecule has 0 unspecified atom stereocenters. The van der Waals surface area contributed by atoms with Crippen molar-refractivity contribution in [3.63, 3.8) is 0 Å². The van der Waals surface area contributed by atoms with Crippen molar-refractivity contribution in [1.29, 1.82) is 0 Å². The predicted molar refractivity (Wildman–Crippen MR) is 224 cm³/mol. The van der Waals surface area contributed by atoms with Crippen molar-refractivity contribution in [2.24, 2.45) is 0 Å². The van der Waals surface area contributed by atoms with Crippen LogP contribution in [0.5, 0.6) is 0 Å². The topological polar surface area (TPSA) is 8.17 Å². The molecule has 0 fully saturated rings. The molecule has 0 N–H and O–H groups in total. The Kier molecular flexibility index (Phi) is 7.33. The monoisotopic (exact) mass is 680 g/mol. The van der Waals surface area contributed by atoms with E-state index in [1.807, 2.05) is 0 Å². The largest absolute Gasteiger partial charge is 0.313 e. The summed E-state index contributed by atoms with van der Waals surface area (Å²) in [5.41, 5.74) is 18.8. The van der Waals surface area contributed by atoms with Crippen molar-refractivity contribution in [1.82, 2.24) is 4.57 Å². The van der Waals surface area contributed by atoms with E-state index in [1.165, 1.54) is 72.4 Å². The highest BCUT2D eigenvalue weighted by molar-refractivity contribution is 5.94. The summed E-state index contributed by atoms with van der Waals surface area (Å²) in [4.78, 5) is 2.40. The van der Waals surface area contributed by atoms with Crippen LogP contribution in [0.4, 0.5) is 17.1 Å². The first kappa shape index (κ1) is 31.4. The zero-order valence-electron chi connectivity index (χ0n) is 30.1. The van der Waals surface area contributed by atoms with Gasteiger partial charge >= 0.3 is 0 Å². The molecule has 0 atom stereocenters. The van der Waals surface area contributed by atoms with Crippen molar-refractivity contribution in [2.75, 3.05) is 4.90 Å². The van der Waals surface area contributed by atoms with E-state index in [2.05, 4.69) is 205 Å². The molecule has 0 bridgehead atoms. The molecule has 0 saturated heterocycles. The lowest BCUT2D eigenvalue weighted by molar-refractivity contribution is 0.659. The van der Waals surface area contributed by atoms with Crippen LogP contribution in [-0.4, -0.2) is 4.57 Å². The van der Waals surface area contributed by atoms with Gasteiger partial charge in [0.1, 0.15) is 0 Å². The highest BCUT2D eigenvalue weighted by atomic mass is 15.1. The van der Waals surface area contributed by atoms with Gasteiger partial charge in [0.15, 0.2) is 0 Å². The van der Waals surface area contributed by atoms with Gasteiger partial charge in [-0.05, 0) is 112 Å². The molecular weight excluding hydrogens is 641 g/mol. The first-order chi connectivity index (χ1) is 26.0. The maximum absolute atomic E-state index is 2.51. The Hall–Kier alpha value is -6.38. The van der Waals surface area contributed by atoms with Crippen molar-refractivity contribution in [2.45, 2.75) is 32.1 Å². The lowest BCUT2D eigenvalue weighted by atomic mass is 9.82. The van der Waals surface area contributed by atoms with E-state index in [9.17, 15) is 0 Å². The van der Waals surface area contributed by atoms with E-state index in [-0.39, 0.29) is 5.41 Å². The minimum absolute atomic E-state index is 0.181. The summed E-state index contributed by atoms with van der Waals surface area (Å²) in [6.45, 7) is 4.79. The molecule has 53 heavy (non-hydrogen) atoms. The number of para-hydroxylation sites is 1. The first-order valence-corrected chi connectivity index (χ1v) is 18.7. The third kappa shape index (κ3) is 5.17. The number of anilines is 3. The Morgan fingerprint density at radius 1 is 0.509 bits per heavy atom. The fourth-order valence-corrected chi connectivity index (χ4v) is 8.77. The van der Waals surface area contributed by atoms with Gasteiger partial charge in [0.05, 0.1) is 5.52 Å². The number of rotatable bonds is 6. The zero-order chi connectivity index (χ0) is 35.5. The van der Waals surface area contributed by atoms with E-state index >= 15 is 0 Å². The summed E-state index contributed by atoms with van der Waals surface area (Å²) in [6.07, 6.45) is 6.77. The van der Waals surface area contributed by atoms with E-state index in [1.54, 1.807) is 0 Å². The number of benzene rings is 7. The van der Waals surface area contributed by atoms with Crippen LogP contribution in [0.25, 0.3) is 56.0 Å². The number of fused-ring (bicyclic) bond motifs is 6. The molecule has 0 saturated carbocycles. The van der Waals surface area contributed by atoms with Crippen LogP contribution < -0.4 is 4.90 Å². The number of hydrogen-bond acceptors (Lipinski definition) is 1. The minimum atomic E-state index is -0.181. The highest BCUT2D eigenvalue weighted by Gasteiger charge is 2.36. The smallest absolute Gasteiger partial charge is 0.0537 e. The molecule has 254 valence electrons. The quantitative estimate of drug-likeness (QED) is 0.170. The summed E-state index contributed by atoms with van der Waals surface area (Å²) in [5.74, 6) is 0. The average molecular weight is 681 g/mol. The van der Waals surface area contributed by atoms with Crippen molar-refractivity contribution >= 4 is 34.0 Å². The van der Waals surface area contributed by atoms with E-state index in [4.69, 9.17) is 0 Å². The Morgan fingerprint density at radius 3 is 1.68 bits per heavy atom. The van der Waals surface area contributed by atoms with Gasteiger partial charge in [0, 0.05) is 44.8 Å². The molecule has 10 rings (SSSR count). The second-order valence-electron chi connectivity index (χ2n) is 14.9. The second kappa shape index (κ2) is 12.4. The van der Waals surface area contributed by atoms with Crippen molar-refractivity contribution < 1.29 is 0 Å². The van der Waals surface area contributed by atoms with Crippen LogP contribution in [0.15, 0.2) is 176 Å². The summed E-state index contributed by atoms with van der Waals surface area (Å²) in [7, 11) is 0. The standard InChI is InChI=1S/C51H40N2/c1-51(2)47-33-41(29-31-43(47)44-32-30-42(34-48(44)51)53-49-19-11-9-17-45(49)46-18-10-12-20-50(46)53)52(39-25-21-37(22-26-39)35-13-5-3-6-14-35)40-27-23-38(24-28-40)36-15-7-4-8-16-36/h3-11,13-19,21-34H,12,20H2,1-2H3. The number of aromatic nitrogens is 1. The molecule has 2 heteroatoms. The van der Waals surface area contributed by atoms with Gasteiger partial charge in [-0.1, -0.05) is 141 Å². The summed E-state index contributed by atoms with van der Waals surface area (Å²) in [5, 5.41) is 1.33. The molecule has 0 amide bonds. The van der Waals surface area contributed by atoms with E-state index < -0.39 is 0 Å². The highest BCUT2D eigenvalue weighted by Crippen LogP contribution is 2.51. The lowest BCUT2D eigenvalue weighted by Gasteiger charge is -2.28. The fraction of sp³-hybridized carbons (Fsp3) is 0.0980. The summed E-state index contributed by atoms with van der Waals surface area (Å²) < 4.78 is 2.51. The zero-order valence-corrected chi connectivity index (χ0v) is 30.1. The van der Waals surface area contributed by atoms with Gasteiger partial charge in [0.25, 0.3) is 0 Å². The molecule has 1 heterocycles. The number of allylic oxidation sites excluding steroid dienone is 1. The molecule has 1 aromatic heterocycles. The molecule has 2 aliphatic rings. The normalized spacial score (nSPS) is 13.8. The van der Waals surface area contributed by atoms with Crippen LogP contribution in [0.3, 0.4) is 0 Å². The molecule has 7 aromatic carbocycles. The maximum Gasteiger partial charge on any atom is 0.0537 e. The maximum atomic E-state index is 2.51. The van der Waals surface area contributed by atoms with E-state index in [0.717, 1.165) is 29.9 Å². The Bertz CT molecular complexity index is 2580. The van der Waals surface area contributed by atoms with Crippen LogP contribution in [-0.2, 0) is 11.8 Å². The molecule has 2 nitrogen and oxygen atoms in total. The van der Waals surface area contributed by atoms with Gasteiger partial charge in [0.2, 0.25) is 0 Å². The van der Waals surface area contributed by atoms with Gasteiger partial charge in [-0.15, -0.1) is 0 Å². The third-order valence-electron chi connectivity index (χ3n) is 11.5. The molecular formula is C51H40N2. The van der Waals surface area contributed by atoms with Crippen molar-refractivity contribution in [3.05, 3.63) is 198 Å². The summed E-state index contributed by atoms with van der Waals surface area (Å²) >= 11 is 0. The molecule has 2 aliphatic carbocycles. The summed E-state index contributed by atoms with van der Waals surface area (Å²) in [6, 6.07) is 62.3. The van der Waals surface area contributed by atoms with Crippen molar-refractivity contribution in [3.8, 4) is 39.1 Å². The molecule has 8 aromatic rings. The number of nitrogens with zero attached hydrogens (tertiary/aromatic N) is 2. The predicted octanol–water partition coefficient (Wildman–Crippen LogP) is 13.7. The molecule has 0 radical (unpaired) electrons. The van der Waals surface area contributed by atoms with E-state index in [0.29, 0.717) is 0 Å². The number of hydrogen-bond donors (Lipinski definition) is 0. The Balaban J connectivity index is 1.07. The first-order valence-electron chi connectivity index (χ1n) is 18.7. The van der Waals surface area contributed by atoms with Gasteiger partial charge in [-0.3, -0.25) is 0 Å². The Labute approximate surface area is 311 Å². The second-order valence-corrected chi connectivity index (χ2v) is 14.9. The fourth-order valence-electron chi connectivity index (χ4n) is 8.77. The minimum Gasteiger partial charge on any atom is -0.313 e. The third-order valence-corrected chi connectivity index (χ3v) is 11.5. The van der Waals surface area contributed by atoms with Crippen LogP contribution in [0.2, 0.25) is 0 Å². The van der Waals surface area contributed by atoms with Gasteiger partial charge in [-0.2, -0.15) is 0 Å². The van der Waals surface area contributed by atoms with Crippen LogP contribution in [0, 0.1) is 0 Å². The average Bonchev–Trinajstić information content (AvgIpc) is 3.67. The van der Waals surface area contributed by atoms with Gasteiger partial charge in [-0.25, -0.2) is 0 Å². The van der Waals surface area contributed by atoms with Crippen LogP contribution in [0.1, 0.15) is 42.7 Å². The SMILES string of the molecule is CC1(C)c2cc(N(c3ccc(-c4ccccc4)cc3)c3ccc(-c4ccccc4)cc3)ccc2-c2ccc(-n3c4c(c5ccccc53)C=CCC4)cc21. The molecule has 0 aliphatic heterocycles. The van der Waals surface area contributed by atoms with Gasteiger partial charge < -0.3 is 9.47 Å². The van der Waals surface area contributed by atoms with Crippen LogP contribution >= 0.6 is 0 Å². The molecule has 0 spiro atoms. The Morgan fingerprint density at radius 2 is 1.04 bits per heavy atom. The lowest BCUT2D eigenvalue weighted by Crippen LogP contribution is -2.17.